The average molecular weight is 471 g/mol. The molecule has 0 saturated carbocycles. The van der Waals surface area contributed by atoms with Gasteiger partial charge in [0.2, 0.25) is 11.6 Å². The lowest BCUT2D eigenvalue weighted by molar-refractivity contribution is 0.224. The van der Waals surface area contributed by atoms with Gasteiger partial charge >= 0.3 is 0 Å². The largest absolute Gasteiger partial charge is 0.491 e. The van der Waals surface area contributed by atoms with E-state index in [0.29, 0.717) is 11.1 Å². The molecule has 2 nitrogen and oxygen atoms in total. The Kier molecular flexibility index (Phi) is 9.25. The van der Waals surface area contributed by atoms with E-state index in [2.05, 4.69) is 26.3 Å². The topological polar surface area (TPSA) is 18.5 Å². The lowest BCUT2D eigenvalue weighted by atomic mass is 10.0. The summed E-state index contributed by atoms with van der Waals surface area (Å²) in [4.78, 5) is 0. The molecule has 2 aromatic carbocycles. The molecule has 0 N–H and O–H groups in total. The molecule has 0 radical (unpaired) electrons. The van der Waals surface area contributed by atoms with Crippen LogP contribution in [0.4, 0.5) is 17.6 Å². The van der Waals surface area contributed by atoms with E-state index in [4.69, 9.17) is 9.47 Å². The molecule has 0 amide bonds. The van der Waals surface area contributed by atoms with Crippen molar-refractivity contribution in [1.29, 1.82) is 0 Å². The van der Waals surface area contributed by atoms with E-state index >= 15 is 0 Å². The highest BCUT2D eigenvalue weighted by Crippen LogP contribution is 2.30. The van der Waals surface area contributed by atoms with Gasteiger partial charge in [-0.25, -0.2) is 8.78 Å². The van der Waals surface area contributed by atoms with Gasteiger partial charge in [-0.1, -0.05) is 68.3 Å². The van der Waals surface area contributed by atoms with Crippen LogP contribution in [0, 0.1) is 18.6 Å². The molecule has 0 aliphatic carbocycles. The van der Waals surface area contributed by atoms with Crippen LogP contribution in [-0.4, -0.2) is 13.2 Å². The fraction of sp³-hybridized carbons (Fsp3) is 0.143. The Bertz CT molecular complexity index is 1170. The van der Waals surface area contributed by atoms with Gasteiger partial charge in [0, 0.05) is 11.1 Å². The molecule has 178 valence electrons. The fourth-order valence-corrected chi connectivity index (χ4v) is 2.77. The predicted octanol–water partition coefficient (Wildman–Crippen LogP) is 8.24. The molecule has 0 saturated heterocycles. The second-order valence-electron chi connectivity index (χ2n) is 7.37. The number of hydrogen-bond acceptors (Lipinski definition) is 2. The van der Waals surface area contributed by atoms with Gasteiger partial charge in [0.15, 0.2) is 23.2 Å². The number of aryl methyl sites for hydroxylation is 1. The number of ether oxygens (including phenoxy) is 2. The normalized spacial score (nSPS) is 11.7. The molecule has 0 bridgehead atoms. The maximum atomic E-state index is 14.6. The number of halogens is 4. The Morgan fingerprint density at radius 1 is 0.882 bits per heavy atom. The van der Waals surface area contributed by atoms with Crippen molar-refractivity contribution in [2.45, 2.75) is 13.8 Å². The number of hydrogen-bond donors (Lipinski definition) is 0. The van der Waals surface area contributed by atoms with Crippen LogP contribution >= 0.6 is 0 Å². The molecule has 0 unspecified atom stereocenters. The maximum absolute atomic E-state index is 14.6. The SMILES string of the molecule is C=C(/C=C\C(=C)C(=C)/C(F)=C(/F)C(=C)OCC)COc1ccc(-c2ccc(C)cc2)c(F)c1F. The van der Waals surface area contributed by atoms with Crippen molar-refractivity contribution in [3.05, 3.63) is 126 Å². The van der Waals surface area contributed by atoms with Gasteiger partial charge in [-0.2, -0.15) is 8.78 Å². The van der Waals surface area contributed by atoms with Crippen LogP contribution in [0.25, 0.3) is 11.1 Å². The quantitative estimate of drug-likeness (QED) is 0.187. The van der Waals surface area contributed by atoms with Gasteiger partial charge in [0.05, 0.1) is 6.61 Å². The van der Waals surface area contributed by atoms with E-state index in [1.54, 1.807) is 31.2 Å². The van der Waals surface area contributed by atoms with Crippen LogP contribution in [0.1, 0.15) is 12.5 Å². The van der Waals surface area contributed by atoms with E-state index in [9.17, 15) is 17.6 Å². The molecule has 0 atom stereocenters. The van der Waals surface area contributed by atoms with Gasteiger partial charge < -0.3 is 9.47 Å². The number of allylic oxidation sites excluding steroid dienone is 5. The minimum absolute atomic E-state index is 0.0674. The minimum atomic E-state index is -1.27. The van der Waals surface area contributed by atoms with Crippen LogP contribution < -0.4 is 4.74 Å². The first kappa shape index (κ1) is 26.5. The summed E-state index contributed by atoms with van der Waals surface area (Å²) in [5, 5.41) is 0. The molecule has 0 spiro atoms. The third-order valence-corrected chi connectivity index (χ3v) is 4.75. The first-order chi connectivity index (χ1) is 16.1. The number of benzene rings is 2. The van der Waals surface area contributed by atoms with E-state index in [1.807, 2.05) is 6.92 Å². The lowest BCUT2D eigenvalue weighted by Gasteiger charge is -2.11. The zero-order valence-corrected chi connectivity index (χ0v) is 19.2. The Morgan fingerprint density at radius 2 is 1.53 bits per heavy atom. The standard InChI is InChI=1S/C28H26F4O2/c1-7-33-21(6)26(30)25(29)20(5)19(4)11-8-18(3)16-34-24-15-14-23(27(31)28(24)32)22-12-9-17(2)10-13-22/h8-15H,3-7,16H2,1-2H3/b11-8-,26-25-. The zero-order chi connectivity index (χ0) is 25.4. The summed E-state index contributed by atoms with van der Waals surface area (Å²) < 4.78 is 67.4. The first-order valence-corrected chi connectivity index (χ1v) is 10.4. The van der Waals surface area contributed by atoms with Crippen LogP contribution in [0.2, 0.25) is 0 Å². The molecule has 0 aliphatic rings. The Hall–Kier alpha value is -3.80. The monoisotopic (exact) mass is 470 g/mol. The van der Waals surface area contributed by atoms with Crippen molar-refractivity contribution in [2.24, 2.45) is 0 Å². The highest BCUT2D eigenvalue weighted by atomic mass is 19.2. The molecule has 0 aliphatic heterocycles. The third-order valence-electron chi connectivity index (χ3n) is 4.75. The van der Waals surface area contributed by atoms with Crippen molar-refractivity contribution < 1.29 is 27.0 Å². The summed E-state index contributed by atoms with van der Waals surface area (Å²) in [6.07, 6.45) is 2.77. The fourth-order valence-electron chi connectivity index (χ4n) is 2.77. The average Bonchev–Trinajstić information content (AvgIpc) is 2.82. The van der Waals surface area contributed by atoms with Crippen LogP contribution in [0.15, 0.2) is 109 Å². The summed E-state index contributed by atoms with van der Waals surface area (Å²) >= 11 is 0. The molecule has 0 heterocycles. The van der Waals surface area contributed by atoms with E-state index < -0.39 is 29.0 Å². The van der Waals surface area contributed by atoms with E-state index in [1.165, 1.54) is 24.3 Å². The smallest absolute Gasteiger partial charge is 0.201 e. The maximum Gasteiger partial charge on any atom is 0.201 e. The van der Waals surface area contributed by atoms with Crippen molar-refractivity contribution in [1.82, 2.24) is 0 Å². The summed E-state index contributed by atoms with van der Waals surface area (Å²) in [5.74, 6) is -5.39. The van der Waals surface area contributed by atoms with Crippen molar-refractivity contribution in [3.8, 4) is 16.9 Å². The molecule has 0 fully saturated rings. The second kappa shape index (κ2) is 11.9. The summed E-state index contributed by atoms with van der Waals surface area (Å²) in [6, 6.07) is 9.79. The van der Waals surface area contributed by atoms with Gasteiger partial charge in [0.25, 0.3) is 0 Å². The summed E-state index contributed by atoms with van der Waals surface area (Å²) in [5.41, 5.74) is 1.78. The Morgan fingerprint density at radius 3 is 2.15 bits per heavy atom. The summed E-state index contributed by atoms with van der Waals surface area (Å²) in [7, 11) is 0. The van der Waals surface area contributed by atoms with Crippen LogP contribution in [-0.2, 0) is 4.74 Å². The predicted molar refractivity (Wildman–Crippen MR) is 129 cm³/mol. The number of rotatable bonds is 11. The highest BCUT2D eigenvalue weighted by Gasteiger charge is 2.17. The molecular formula is C28H26F4O2. The van der Waals surface area contributed by atoms with Crippen LogP contribution in [0.3, 0.4) is 0 Å². The Labute approximate surface area is 197 Å². The van der Waals surface area contributed by atoms with Crippen molar-refractivity contribution in [3.63, 3.8) is 0 Å². The lowest BCUT2D eigenvalue weighted by Crippen LogP contribution is -2.02. The highest BCUT2D eigenvalue weighted by molar-refractivity contribution is 5.65. The molecule has 0 aromatic heterocycles. The molecular weight excluding hydrogens is 444 g/mol. The van der Waals surface area contributed by atoms with E-state index in [-0.39, 0.29) is 35.7 Å². The molecule has 2 aromatic rings. The van der Waals surface area contributed by atoms with E-state index in [0.717, 1.165) is 5.56 Å². The minimum Gasteiger partial charge on any atom is -0.491 e. The molecule has 34 heavy (non-hydrogen) atoms. The van der Waals surface area contributed by atoms with Crippen molar-refractivity contribution >= 4 is 0 Å². The third kappa shape index (κ3) is 6.61. The zero-order valence-electron chi connectivity index (χ0n) is 19.2. The van der Waals surface area contributed by atoms with Crippen molar-refractivity contribution in [2.75, 3.05) is 13.2 Å². The van der Waals surface area contributed by atoms with Gasteiger partial charge in [-0.05, 0) is 42.7 Å². The first-order valence-electron chi connectivity index (χ1n) is 10.4. The second-order valence-corrected chi connectivity index (χ2v) is 7.37. The van der Waals surface area contributed by atoms with Crippen LogP contribution in [0.5, 0.6) is 5.75 Å². The Balaban J connectivity index is 2.03. The van der Waals surface area contributed by atoms with Gasteiger partial charge in [-0.15, -0.1) is 0 Å². The molecule has 6 heteroatoms. The van der Waals surface area contributed by atoms with Gasteiger partial charge in [0.1, 0.15) is 6.61 Å². The van der Waals surface area contributed by atoms with Gasteiger partial charge in [-0.3, -0.25) is 0 Å². The molecule has 2 rings (SSSR count). The summed E-state index contributed by atoms with van der Waals surface area (Å²) in [6.45, 7) is 17.6.